The smallest absolute Gasteiger partial charge is 0.206 e. The van der Waals surface area contributed by atoms with Crippen molar-refractivity contribution in [3.05, 3.63) is 36.2 Å². The minimum absolute atomic E-state index is 0.0130. The summed E-state index contributed by atoms with van der Waals surface area (Å²) >= 11 is 0. The van der Waals surface area contributed by atoms with Crippen molar-refractivity contribution >= 4 is 5.84 Å². The van der Waals surface area contributed by atoms with Gasteiger partial charge in [-0.2, -0.15) is 5.10 Å². The Balaban J connectivity index is 2.25. The highest BCUT2D eigenvalue weighted by Gasteiger charge is 2.08. The van der Waals surface area contributed by atoms with Crippen molar-refractivity contribution in [3.63, 3.8) is 0 Å². The van der Waals surface area contributed by atoms with Crippen LogP contribution in [0.1, 0.15) is 11.5 Å². The molecule has 0 unspecified atom stereocenters. The van der Waals surface area contributed by atoms with Crippen LogP contribution in [-0.2, 0) is 13.6 Å². The Morgan fingerprint density at radius 1 is 1.56 bits per heavy atom. The number of rotatable bonds is 3. The van der Waals surface area contributed by atoms with Gasteiger partial charge in [-0.05, 0) is 6.07 Å². The van der Waals surface area contributed by atoms with Crippen LogP contribution in [0.2, 0.25) is 0 Å². The molecule has 84 valence electrons. The molecule has 7 nitrogen and oxygen atoms in total. The van der Waals surface area contributed by atoms with Gasteiger partial charge in [0.25, 0.3) is 0 Å². The van der Waals surface area contributed by atoms with Crippen LogP contribution in [0, 0.1) is 0 Å². The topological polar surface area (TPSA) is 94.2 Å². The van der Waals surface area contributed by atoms with Crippen molar-refractivity contribution in [2.24, 2.45) is 17.9 Å². The minimum atomic E-state index is -0.0130. The first-order valence-corrected chi connectivity index (χ1v) is 4.68. The van der Waals surface area contributed by atoms with Crippen LogP contribution in [0.5, 0.6) is 0 Å². The molecule has 16 heavy (non-hydrogen) atoms. The van der Waals surface area contributed by atoms with Gasteiger partial charge in [-0.3, -0.25) is 4.68 Å². The molecule has 0 aliphatic rings. The number of nitrogens with two attached hydrogens (primary N) is 1. The molecule has 0 spiro atoms. The summed E-state index contributed by atoms with van der Waals surface area (Å²) in [6, 6.07) is 1.90. The van der Waals surface area contributed by atoms with Crippen LogP contribution in [0.3, 0.4) is 0 Å². The van der Waals surface area contributed by atoms with Gasteiger partial charge in [-0.1, -0.05) is 5.16 Å². The lowest BCUT2D eigenvalue weighted by molar-refractivity contribution is 0.318. The molecule has 3 N–H and O–H groups in total. The number of aromatic nitrogens is 4. The van der Waals surface area contributed by atoms with E-state index in [1.165, 1.54) is 0 Å². The second-order valence-electron chi connectivity index (χ2n) is 3.34. The van der Waals surface area contributed by atoms with Gasteiger partial charge < -0.3 is 15.5 Å². The Morgan fingerprint density at radius 2 is 2.38 bits per heavy atom. The fourth-order valence-corrected chi connectivity index (χ4v) is 1.44. The lowest BCUT2D eigenvalue weighted by Crippen LogP contribution is -2.20. The summed E-state index contributed by atoms with van der Waals surface area (Å²) < 4.78 is 3.48. The highest BCUT2D eigenvalue weighted by molar-refractivity contribution is 5.93. The predicted octanol–water partition coefficient (Wildman–Crippen LogP) is -0.241. The van der Waals surface area contributed by atoms with Gasteiger partial charge in [-0.15, -0.1) is 0 Å². The molecule has 0 fully saturated rings. The summed E-state index contributed by atoms with van der Waals surface area (Å²) in [7, 11) is 1.85. The van der Waals surface area contributed by atoms with Gasteiger partial charge >= 0.3 is 0 Å². The molecule has 0 aliphatic carbocycles. The maximum atomic E-state index is 8.59. The van der Waals surface area contributed by atoms with E-state index < -0.39 is 0 Å². The van der Waals surface area contributed by atoms with E-state index in [2.05, 4.69) is 15.2 Å². The molecule has 2 heterocycles. The largest absolute Gasteiger partial charge is 0.409 e. The average molecular weight is 220 g/mol. The number of nitrogens with zero attached hydrogens (tertiary/aromatic N) is 5. The van der Waals surface area contributed by atoms with Gasteiger partial charge in [0.15, 0.2) is 5.82 Å². The summed E-state index contributed by atoms with van der Waals surface area (Å²) in [5.41, 5.74) is 6.37. The van der Waals surface area contributed by atoms with Gasteiger partial charge in [0, 0.05) is 25.6 Å². The number of aryl methyl sites for hydroxylation is 1. The Bertz CT molecular complexity index is 512. The Kier molecular flexibility index (Phi) is 2.59. The first-order chi connectivity index (χ1) is 7.70. The second kappa shape index (κ2) is 4.05. The van der Waals surface area contributed by atoms with E-state index in [-0.39, 0.29) is 5.84 Å². The van der Waals surface area contributed by atoms with Gasteiger partial charge in [0.05, 0.1) is 12.2 Å². The Hall–Kier alpha value is -2.31. The highest BCUT2D eigenvalue weighted by Crippen LogP contribution is 2.03. The van der Waals surface area contributed by atoms with E-state index in [0.29, 0.717) is 12.4 Å². The van der Waals surface area contributed by atoms with E-state index in [1.807, 2.05) is 19.3 Å². The van der Waals surface area contributed by atoms with Crippen molar-refractivity contribution in [2.75, 3.05) is 0 Å². The number of oxime groups is 1. The quantitative estimate of drug-likeness (QED) is 0.323. The lowest BCUT2D eigenvalue weighted by atomic mass is 10.4. The average Bonchev–Trinajstić information content (AvgIpc) is 2.87. The zero-order valence-corrected chi connectivity index (χ0v) is 8.78. The first kappa shape index (κ1) is 10.2. The van der Waals surface area contributed by atoms with Crippen LogP contribution in [0.15, 0.2) is 29.8 Å². The normalized spacial score (nSPS) is 11.9. The molecule has 2 aromatic rings. The molecular weight excluding hydrogens is 208 g/mol. The number of hydrogen-bond acceptors (Lipinski definition) is 4. The number of hydrogen-bond donors (Lipinski definition) is 2. The van der Waals surface area contributed by atoms with Gasteiger partial charge in [-0.25, -0.2) is 4.98 Å². The zero-order valence-electron chi connectivity index (χ0n) is 8.78. The molecule has 0 atom stereocenters. The summed E-state index contributed by atoms with van der Waals surface area (Å²) in [5.74, 6) is 0.411. The molecule has 7 heteroatoms. The molecular formula is C9H12N6O. The van der Waals surface area contributed by atoms with Crippen LogP contribution >= 0.6 is 0 Å². The van der Waals surface area contributed by atoms with Crippen molar-refractivity contribution < 1.29 is 5.21 Å². The molecule has 0 saturated carbocycles. The summed E-state index contributed by atoms with van der Waals surface area (Å²) in [4.78, 5) is 4.00. The van der Waals surface area contributed by atoms with Crippen molar-refractivity contribution in [1.82, 2.24) is 19.3 Å². The molecule has 0 amide bonds. The third-order valence-corrected chi connectivity index (χ3v) is 2.15. The SMILES string of the molecule is Cn1ccc(Cn2ccnc2/C(N)=N/O)n1. The van der Waals surface area contributed by atoms with E-state index in [4.69, 9.17) is 10.9 Å². The fraction of sp³-hybridized carbons (Fsp3) is 0.222. The summed E-state index contributed by atoms with van der Waals surface area (Å²) in [6.45, 7) is 0.534. The van der Waals surface area contributed by atoms with Crippen LogP contribution < -0.4 is 5.73 Å². The van der Waals surface area contributed by atoms with Gasteiger partial charge in [0.2, 0.25) is 5.84 Å². The molecule has 0 radical (unpaired) electrons. The zero-order chi connectivity index (χ0) is 11.5. The third kappa shape index (κ3) is 1.88. The molecule has 0 bridgehead atoms. The lowest BCUT2D eigenvalue weighted by Gasteiger charge is -2.03. The molecule has 0 saturated heterocycles. The number of imidazole rings is 1. The van der Waals surface area contributed by atoms with Crippen molar-refractivity contribution in [1.29, 1.82) is 0 Å². The second-order valence-corrected chi connectivity index (χ2v) is 3.34. The standard InChI is InChI=1S/C9H12N6O/c1-14-4-2-7(12-14)6-15-5-3-11-9(15)8(10)13-16/h2-5,16H,6H2,1H3,(H2,10,13). The monoisotopic (exact) mass is 220 g/mol. The molecule has 2 aromatic heterocycles. The van der Waals surface area contributed by atoms with E-state index in [9.17, 15) is 0 Å². The van der Waals surface area contributed by atoms with Crippen LogP contribution in [0.4, 0.5) is 0 Å². The van der Waals surface area contributed by atoms with E-state index in [0.717, 1.165) is 5.69 Å². The summed E-state index contributed by atoms with van der Waals surface area (Å²) in [5, 5.41) is 15.8. The Morgan fingerprint density at radius 3 is 3.00 bits per heavy atom. The maximum absolute atomic E-state index is 8.59. The highest BCUT2D eigenvalue weighted by atomic mass is 16.4. The van der Waals surface area contributed by atoms with Gasteiger partial charge in [0.1, 0.15) is 0 Å². The maximum Gasteiger partial charge on any atom is 0.206 e. The van der Waals surface area contributed by atoms with E-state index in [1.54, 1.807) is 21.6 Å². The van der Waals surface area contributed by atoms with Crippen LogP contribution in [0.25, 0.3) is 0 Å². The summed E-state index contributed by atoms with van der Waals surface area (Å²) in [6.07, 6.45) is 5.20. The Labute approximate surface area is 91.8 Å². The number of amidine groups is 1. The third-order valence-electron chi connectivity index (χ3n) is 2.15. The molecule has 0 aliphatic heterocycles. The first-order valence-electron chi connectivity index (χ1n) is 4.68. The molecule has 2 rings (SSSR count). The van der Waals surface area contributed by atoms with Crippen LogP contribution in [-0.4, -0.2) is 30.4 Å². The van der Waals surface area contributed by atoms with Crippen molar-refractivity contribution in [2.45, 2.75) is 6.54 Å². The van der Waals surface area contributed by atoms with Crippen molar-refractivity contribution in [3.8, 4) is 0 Å². The fourth-order valence-electron chi connectivity index (χ4n) is 1.44. The predicted molar refractivity (Wildman–Crippen MR) is 57.0 cm³/mol. The minimum Gasteiger partial charge on any atom is -0.409 e. The molecule has 0 aromatic carbocycles. The van der Waals surface area contributed by atoms with E-state index >= 15 is 0 Å².